The van der Waals surface area contributed by atoms with Crippen LogP contribution in [0.15, 0.2) is 42.5 Å². The Balaban J connectivity index is 2.15. The molecule has 20 heavy (non-hydrogen) atoms. The molecule has 2 aromatic carbocycles. The van der Waals surface area contributed by atoms with E-state index in [4.69, 9.17) is 0 Å². The zero-order valence-electron chi connectivity index (χ0n) is 10.7. The molecule has 2 rings (SSSR count). The van der Waals surface area contributed by atoms with E-state index in [0.717, 1.165) is 12.1 Å². The molecule has 2 nitrogen and oxygen atoms in total. The van der Waals surface area contributed by atoms with E-state index in [2.05, 4.69) is 0 Å². The summed E-state index contributed by atoms with van der Waals surface area (Å²) in [5, 5.41) is 0. The second-order valence-electron chi connectivity index (χ2n) is 4.38. The first-order valence-corrected chi connectivity index (χ1v) is 5.92. The molecule has 0 aliphatic heterocycles. The van der Waals surface area contributed by atoms with Gasteiger partial charge in [-0.25, -0.2) is 13.2 Å². The van der Waals surface area contributed by atoms with Gasteiger partial charge in [0, 0.05) is 18.8 Å². The second-order valence-corrected chi connectivity index (χ2v) is 4.38. The van der Waals surface area contributed by atoms with E-state index in [1.165, 1.54) is 23.1 Å². The summed E-state index contributed by atoms with van der Waals surface area (Å²) in [6, 6.07) is 8.51. The summed E-state index contributed by atoms with van der Waals surface area (Å²) in [6.07, 6.45) is 0. The van der Waals surface area contributed by atoms with Crippen molar-refractivity contribution < 1.29 is 18.0 Å². The number of hydrogen-bond acceptors (Lipinski definition) is 2. The molecular formula is C15H12F3NO. The van der Waals surface area contributed by atoms with Gasteiger partial charge in [-0.05, 0) is 30.3 Å². The number of anilines is 1. The lowest BCUT2D eigenvalue weighted by Crippen LogP contribution is -2.26. The summed E-state index contributed by atoms with van der Waals surface area (Å²) in [7, 11) is 1.59. The maximum atomic E-state index is 13.5. The van der Waals surface area contributed by atoms with Crippen molar-refractivity contribution in [2.45, 2.75) is 0 Å². The topological polar surface area (TPSA) is 20.3 Å². The van der Waals surface area contributed by atoms with Crippen LogP contribution in [0.25, 0.3) is 0 Å². The Morgan fingerprint density at radius 3 is 2.40 bits per heavy atom. The molecule has 5 heteroatoms. The smallest absolute Gasteiger partial charge is 0.185 e. The van der Waals surface area contributed by atoms with Crippen molar-refractivity contribution in [1.29, 1.82) is 0 Å². The number of halogens is 3. The molecule has 0 bridgehead atoms. The number of likely N-dealkylation sites (N-methyl/N-ethyl adjacent to an activating group) is 1. The molecule has 0 unspecified atom stereocenters. The van der Waals surface area contributed by atoms with Gasteiger partial charge < -0.3 is 4.90 Å². The van der Waals surface area contributed by atoms with Gasteiger partial charge in [-0.2, -0.15) is 0 Å². The minimum absolute atomic E-state index is 0.133. The van der Waals surface area contributed by atoms with Crippen molar-refractivity contribution in [1.82, 2.24) is 0 Å². The lowest BCUT2D eigenvalue weighted by Gasteiger charge is -2.18. The SMILES string of the molecule is CN(CC(=O)c1ccc(F)cc1F)c1cccc(F)c1. The molecule has 2 aromatic rings. The molecule has 0 saturated carbocycles. The Labute approximate surface area is 114 Å². The number of benzene rings is 2. The quantitative estimate of drug-likeness (QED) is 0.799. The molecule has 0 N–H and O–H groups in total. The molecule has 104 valence electrons. The predicted molar refractivity (Wildman–Crippen MR) is 70.4 cm³/mol. The van der Waals surface area contributed by atoms with Crippen LogP contribution in [0.5, 0.6) is 0 Å². The van der Waals surface area contributed by atoms with Gasteiger partial charge in [0.2, 0.25) is 0 Å². The molecule has 0 fully saturated rings. The number of carbonyl (C=O) groups is 1. The van der Waals surface area contributed by atoms with Crippen molar-refractivity contribution in [2.75, 3.05) is 18.5 Å². The summed E-state index contributed by atoms with van der Waals surface area (Å²) in [5.74, 6) is -2.57. The van der Waals surface area contributed by atoms with Crippen LogP contribution in [-0.4, -0.2) is 19.4 Å². The third kappa shape index (κ3) is 3.17. The van der Waals surface area contributed by atoms with Gasteiger partial charge in [0.25, 0.3) is 0 Å². The van der Waals surface area contributed by atoms with Crippen LogP contribution < -0.4 is 4.90 Å². The fourth-order valence-corrected chi connectivity index (χ4v) is 1.82. The highest BCUT2D eigenvalue weighted by molar-refractivity contribution is 5.99. The normalized spacial score (nSPS) is 10.4. The monoisotopic (exact) mass is 279 g/mol. The Kier molecular flexibility index (Phi) is 4.08. The predicted octanol–water partition coefficient (Wildman–Crippen LogP) is 3.42. The van der Waals surface area contributed by atoms with Crippen molar-refractivity contribution in [3.05, 3.63) is 65.5 Å². The molecule has 0 heterocycles. The number of Topliss-reactive ketones (excluding diaryl/α,β-unsaturated/α-hetero) is 1. The number of nitrogens with zero attached hydrogens (tertiary/aromatic N) is 1. The average Bonchev–Trinajstić information content (AvgIpc) is 2.38. The van der Waals surface area contributed by atoms with Gasteiger partial charge in [0.15, 0.2) is 5.78 Å². The van der Waals surface area contributed by atoms with E-state index in [1.54, 1.807) is 13.1 Å². The Hall–Kier alpha value is -2.30. The third-order valence-electron chi connectivity index (χ3n) is 2.86. The first-order chi connectivity index (χ1) is 9.47. The third-order valence-corrected chi connectivity index (χ3v) is 2.86. The molecule has 0 aliphatic rings. The lowest BCUT2D eigenvalue weighted by molar-refractivity contribution is 0.0996. The van der Waals surface area contributed by atoms with Crippen LogP contribution in [0.4, 0.5) is 18.9 Å². The highest BCUT2D eigenvalue weighted by Gasteiger charge is 2.15. The first-order valence-electron chi connectivity index (χ1n) is 5.92. The van der Waals surface area contributed by atoms with Gasteiger partial charge in [0.1, 0.15) is 17.5 Å². The van der Waals surface area contributed by atoms with Crippen LogP contribution in [0.1, 0.15) is 10.4 Å². The maximum absolute atomic E-state index is 13.5. The maximum Gasteiger partial charge on any atom is 0.185 e. The van der Waals surface area contributed by atoms with Crippen LogP contribution in [0, 0.1) is 17.5 Å². The van der Waals surface area contributed by atoms with Crippen LogP contribution in [-0.2, 0) is 0 Å². The van der Waals surface area contributed by atoms with Crippen molar-refractivity contribution in [3.8, 4) is 0 Å². The van der Waals surface area contributed by atoms with Crippen LogP contribution in [0.2, 0.25) is 0 Å². The van der Waals surface area contributed by atoms with E-state index >= 15 is 0 Å². The van der Waals surface area contributed by atoms with Gasteiger partial charge in [-0.1, -0.05) is 6.07 Å². The summed E-state index contributed by atoms with van der Waals surface area (Å²) < 4.78 is 39.3. The lowest BCUT2D eigenvalue weighted by atomic mass is 10.1. The van der Waals surface area contributed by atoms with Crippen LogP contribution in [0.3, 0.4) is 0 Å². The van der Waals surface area contributed by atoms with Crippen LogP contribution >= 0.6 is 0 Å². The zero-order chi connectivity index (χ0) is 14.7. The number of rotatable bonds is 4. The van der Waals surface area contributed by atoms with Gasteiger partial charge in [-0.15, -0.1) is 0 Å². The Morgan fingerprint density at radius 2 is 1.75 bits per heavy atom. The molecular weight excluding hydrogens is 267 g/mol. The van der Waals surface area contributed by atoms with Gasteiger partial charge in [0.05, 0.1) is 12.1 Å². The van der Waals surface area contributed by atoms with E-state index < -0.39 is 23.2 Å². The fraction of sp³-hybridized carbons (Fsp3) is 0.133. The minimum Gasteiger partial charge on any atom is -0.367 e. The summed E-state index contributed by atoms with van der Waals surface area (Å²) in [4.78, 5) is 13.4. The Morgan fingerprint density at radius 1 is 1.05 bits per heavy atom. The summed E-state index contributed by atoms with van der Waals surface area (Å²) >= 11 is 0. The van der Waals surface area contributed by atoms with E-state index in [9.17, 15) is 18.0 Å². The molecule has 0 amide bonds. The number of hydrogen-bond donors (Lipinski definition) is 0. The van der Waals surface area contributed by atoms with Gasteiger partial charge >= 0.3 is 0 Å². The van der Waals surface area contributed by atoms with Crippen molar-refractivity contribution in [2.24, 2.45) is 0 Å². The largest absolute Gasteiger partial charge is 0.367 e. The molecule has 0 spiro atoms. The molecule has 0 aliphatic carbocycles. The fourth-order valence-electron chi connectivity index (χ4n) is 1.82. The molecule has 0 atom stereocenters. The molecule has 0 radical (unpaired) electrons. The molecule has 0 aromatic heterocycles. The highest BCUT2D eigenvalue weighted by Crippen LogP contribution is 2.16. The second kappa shape index (κ2) is 5.77. The standard InChI is InChI=1S/C15H12F3NO/c1-19(12-4-2-3-10(16)7-12)9-15(20)13-6-5-11(17)8-14(13)18/h2-8H,9H2,1H3. The van der Waals surface area contributed by atoms with Crippen molar-refractivity contribution >= 4 is 11.5 Å². The number of carbonyl (C=O) groups excluding carboxylic acids is 1. The molecule has 0 saturated heterocycles. The average molecular weight is 279 g/mol. The summed E-state index contributed by atoms with van der Waals surface area (Å²) in [5.41, 5.74) is 0.315. The van der Waals surface area contributed by atoms with E-state index in [-0.39, 0.29) is 12.1 Å². The Bertz CT molecular complexity index is 643. The van der Waals surface area contributed by atoms with Crippen molar-refractivity contribution in [3.63, 3.8) is 0 Å². The highest BCUT2D eigenvalue weighted by atomic mass is 19.1. The minimum atomic E-state index is -0.900. The first kappa shape index (κ1) is 14.1. The van der Waals surface area contributed by atoms with E-state index in [0.29, 0.717) is 11.8 Å². The number of ketones is 1. The van der Waals surface area contributed by atoms with E-state index in [1.807, 2.05) is 0 Å². The zero-order valence-corrected chi connectivity index (χ0v) is 10.7. The summed E-state index contributed by atoms with van der Waals surface area (Å²) in [6.45, 7) is -0.133. The van der Waals surface area contributed by atoms with Gasteiger partial charge in [-0.3, -0.25) is 4.79 Å².